The summed E-state index contributed by atoms with van der Waals surface area (Å²) in [6.45, 7) is -0.330. The van der Waals surface area contributed by atoms with Gasteiger partial charge in [0.05, 0.1) is 0 Å². The predicted molar refractivity (Wildman–Crippen MR) is 77.7 cm³/mol. The normalized spacial score (nSPS) is 13.2. The van der Waals surface area contributed by atoms with Gasteiger partial charge >= 0.3 is 12.1 Å². The Morgan fingerprint density at radius 3 is 2.75 bits per heavy atom. The number of hydrogen-bond donors (Lipinski definition) is 1. The van der Waals surface area contributed by atoms with Crippen molar-refractivity contribution in [1.29, 1.82) is 0 Å². The molecule has 0 aliphatic carbocycles. The average molecular weight is 342 g/mol. The fourth-order valence-corrected chi connectivity index (χ4v) is 1.70. The Kier molecular flexibility index (Phi) is 5.22. The number of nitrogens with one attached hydrogen (secondary N) is 1. The zero-order valence-corrected chi connectivity index (χ0v) is 12.5. The molecule has 6 nitrogen and oxygen atoms in total. The fraction of sp³-hybridized carbons (Fsp3) is 0.267. The molecule has 1 aromatic heterocycles. The van der Waals surface area contributed by atoms with Crippen LogP contribution in [0.15, 0.2) is 34.8 Å². The van der Waals surface area contributed by atoms with Crippen molar-refractivity contribution >= 4 is 29.1 Å². The number of aromatic nitrogens is 1. The van der Waals surface area contributed by atoms with E-state index in [1.807, 2.05) is 0 Å². The summed E-state index contributed by atoms with van der Waals surface area (Å²) in [7, 11) is 0. The number of oxazole rings is 1. The SMILES string of the molecule is C[C@@H](OC(=O)/C=C\c1nc2ccccc2o1)C(=O)NCC(F)(F)F. The van der Waals surface area contributed by atoms with Gasteiger partial charge in [0.25, 0.3) is 5.91 Å². The van der Waals surface area contributed by atoms with Gasteiger partial charge in [-0.05, 0) is 19.1 Å². The van der Waals surface area contributed by atoms with Gasteiger partial charge in [-0.3, -0.25) is 4.79 Å². The first-order valence-corrected chi connectivity index (χ1v) is 6.83. The van der Waals surface area contributed by atoms with E-state index in [0.717, 1.165) is 13.0 Å². The van der Waals surface area contributed by atoms with Gasteiger partial charge in [-0.25, -0.2) is 9.78 Å². The van der Waals surface area contributed by atoms with Gasteiger partial charge in [0.1, 0.15) is 12.1 Å². The molecule has 1 heterocycles. The Balaban J connectivity index is 1.88. The number of carbonyl (C=O) groups excluding carboxylic acids is 2. The number of hydrogen-bond acceptors (Lipinski definition) is 5. The first-order valence-electron chi connectivity index (χ1n) is 6.83. The number of fused-ring (bicyclic) bond motifs is 1. The van der Waals surface area contributed by atoms with Crippen molar-refractivity contribution < 1.29 is 31.9 Å². The van der Waals surface area contributed by atoms with Crippen LogP contribution in [0.2, 0.25) is 0 Å². The summed E-state index contributed by atoms with van der Waals surface area (Å²) < 4.78 is 46.0. The largest absolute Gasteiger partial charge is 0.449 e. The third-order valence-corrected chi connectivity index (χ3v) is 2.80. The first-order chi connectivity index (χ1) is 11.2. The van der Waals surface area contributed by atoms with Gasteiger partial charge in [0.15, 0.2) is 11.7 Å². The third-order valence-electron chi connectivity index (χ3n) is 2.80. The molecule has 0 saturated heterocycles. The monoisotopic (exact) mass is 342 g/mol. The number of rotatable bonds is 5. The van der Waals surface area contributed by atoms with E-state index in [0.29, 0.717) is 11.1 Å². The van der Waals surface area contributed by atoms with Gasteiger partial charge in [-0.15, -0.1) is 0 Å². The van der Waals surface area contributed by atoms with E-state index in [1.54, 1.807) is 29.6 Å². The smallest absolute Gasteiger partial charge is 0.405 e. The van der Waals surface area contributed by atoms with Crippen LogP contribution in [0, 0.1) is 0 Å². The van der Waals surface area contributed by atoms with Crippen LogP contribution in [0.4, 0.5) is 13.2 Å². The second kappa shape index (κ2) is 7.16. The molecule has 9 heteroatoms. The molecule has 128 valence electrons. The highest BCUT2D eigenvalue weighted by molar-refractivity contribution is 5.90. The fourth-order valence-electron chi connectivity index (χ4n) is 1.70. The van der Waals surface area contributed by atoms with Crippen molar-refractivity contribution in [2.24, 2.45) is 0 Å². The van der Waals surface area contributed by atoms with E-state index in [1.165, 1.54) is 6.08 Å². The molecule has 1 atom stereocenters. The van der Waals surface area contributed by atoms with Gasteiger partial charge < -0.3 is 14.5 Å². The van der Waals surface area contributed by atoms with Gasteiger partial charge in [0.2, 0.25) is 5.89 Å². The molecule has 1 aromatic carbocycles. The van der Waals surface area contributed by atoms with E-state index in [2.05, 4.69) is 4.98 Å². The molecule has 0 aliphatic rings. The number of para-hydroxylation sites is 2. The van der Waals surface area contributed by atoms with Crippen LogP contribution in [0.25, 0.3) is 17.2 Å². The number of carbonyl (C=O) groups is 2. The molecule has 0 saturated carbocycles. The maximum atomic E-state index is 12.0. The minimum atomic E-state index is -4.54. The lowest BCUT2D eigenvalue weighted by Crippen LogP contribution is -2.40. The molecule has 0 fully saturated rings. The van der Waals surface area contributed by atoms with Gasteiger partial charge in [-0.1, -0.05) is 12.1 Å². The van der Waals surface area contributed by atoms with Gasteiger partial charge in [-0.2, -0.15) is 13.2 Å². The molecule has 2 rings (SSSR count). The number of halogens is 3. The van der Waals surface area contributed by atoms with Crippen molar-refractivity contribution in [2.45, 2.75) is 19.2 Å². The summed E-state index contributed by atoms with van der Waals surface area (Å²) in [5, 5.41) is 1.62. The predicted octanol–water partition coefficient (Wildman–Crippen LogP) is 2.45. The second-order valence-electron chi connectivity index (χ2n) is 4.77. The van der Waals surface area contributed by atoms with Crippen molar-refractivity contribution in [1.82, 2.24) is 10.3 Å². The van der Waals surface area contributed by atoms with E-state index in [-0.39, 0.29) is 5.89 Å². The average Bonchev–Trinajstić information content (AvgIpc) is 2.92. The molecule has 0 radical (unpaired) electrons. The highest BCUT2D eigenvalue weighted by atomic mass is 19.4. The molecular weight excluding hydrogens is 329 g/mol. The lowest BCUT2D eigenvalue weighted by atomic mass is 10.3. The van der Waals surface area contributed by atoms with E-state index in [9.17, 15) is 22.8 Å². The summed E-state index contributed by atoms with van der Waals surface area (Å²) in [5.41, 5.74) is 1.14. The Bertz CT molecular complexity index is 734. The number of nitrogens with zero attached hydrogens (tertiary/aromatic N) is 1. The topological polar surface area (TPSA) is 81.4 Å². The minimum Gasteiger partial charge on any atom is -0.449 e. The molecular formula is C15H13F3N2O4. The number of amides is 1. The molecule has 0 bridgehead atoms. The van der Waals surface area contributed by atoms with Crippen molar-refractivity contribution in [3.63, 3.8) is 0 Å². The van der Waals surface area contributed by atoms with Crippen LogP contribution in [-0.2, 0) is 14.3 Å². The zero-order chi connectivity index (χ0) is 17.7. The highest BCUT2D eigenvalue weighted by Gasteiger charge is 2.29. The molecule has 1 amide bonds. The maximum Gasteiger partial charge on any atom is 0.405 e. The van der Waals surface area contributed by atoms with E-state index < -0.39 is 30.7 Å². The molecule has 24 heavy (non-hydrogen) atoms. The Morgan fingerprint density at radius 2 is 2.08 bits per heavy atom. The molecule has 1 N–H and O–H groups in total. The van der Waals surface area contributed by atoms with E-state index >= 15 is 0 Å². The van der Waals surface area contributed by atoms with Crippen LogP contribution < -0.4 is 5.32 Å². The van der Waals surface area contributed by atoms with Crippen LogP contribution in [0.3, 0.4) is 0 Å². The van der Waals surface area contributed by atoms with E-state index in [4.69, 9.17) is 9.15 Å². The molecule has 0 spiro atoms. The number of alkyl halides is 3. The first kappa shape index (κ1) is 17.5. The second-order valence-corrected chi connectivity index (χ2v) is 4.77. The maximum absolute atomic E-state index is 12.0. The summed E-state index contributed by atoms with van der Waals surface area (Å²) in [5.74, 6) is -1.80. The number of ether oxygens (including phenoxy) is 1. The molecule has 0 unspecified atom stereocenters. The molecule has 0 aliphatic heterocycles. The zero-order valence-electron chi connectivity index (χ0n) is 12.5. The van der Waals surface area contributed by atoms with Crippen LogP contribution in [0.1, 0.15) is 12.8 Å². The highest BCUT2D eigenvalue weighted by Crippen LogP contribution is 2.15. The van der Waals surface area contributed by atoms with Crippen LogP contribution in [0.5, 0.6) is 0 Å². The van der Waals surface area contributed by atoms with Crippen molar-refractivity contribution in [3.05, 3.63) is 36.2 Å². The Hall–Kier alpha value is -2.84. The van der Waals surface area contributed by atoms with Gasteiger partial charge in [0, 0.05) is 12.2 Å². The molecule has 2 aromatic rings. The summed E-state index contributed by atoms with van der Waals surface area (Å²) in [6.07, 6.45) is -3.69. The van der Waals surface area contributed by atoms with Crippen molar-refractivity contribution in [3.8, 4) is 0 Å². The standard InChI is InChI=1S/C15H13F3N2O4/c1-9(14(22)19-8-15(16,17)18)23-13(21)7-6-12-20-10-4-2-3-5-11(10)24-12/h2-7,9H,8H2,1H3,(H,19,22)/b7-6-/t9-/m1/s1. The lowest BCUT2D eigenvalue weighted by Gasteiger charge is -2.13. The summed E-state index contributed by atoms with van der Waals surface area (Å²) >= 11 is 0. The lowest BCUT2D eigenvalue weighted by molar-refractivity contribution is -0.154. The van der Waals surface area contributed by atoms with Crippen LogP contribution in [-0.4, -0.2) is 35.7 Å². The third kappa shape index (κ3) is 5.11. The number of esters is 1. The minimum absolute atomic E-state index is 0.155. The number of benzene rings is 1. The Labute approximate surface area is 134 Å². The Morgan fingerprint density at radius 1 is 1.38 bits per heavy atom. The summed E-state index contributed by atoms with van der Waals surface area (Å²) in [4.78, 5) is 27.0. The quantitative estimate of drug-likeness (QED) is 0.667. The van der Waals surface area contributed by atoms with Crippen molar-refractivity contribution in [2.75, 3.05) is 6.54 Å². The van der Waals surface area contributed by atoms with Crippen LogP contribution >= 0.6 is 0 Å². The summed E-state index contributed by atoms with van der Waals surface area (Å²) in [6, 6.07) is 6.96.